The Morgan fingerprint density at radius 1 is 1.00 bits per heavy atom. The summed E-state index contributed by atoms with van der Waals surface area (Å²) in [6.45, 7) is 9.66. The summed E-state index contributed by atoms with van der Waals surface area (Å²) in [6.07, 6.45) is 5.57. The van der Waals surface area contributed by atoms with E-state index < -0.39 is 0 Å². The number of nitrogens with zero attached hydrogens (tertiary/aromatic N) is 2. The average Bonchev–Trinajstić information content (AvgIpc) is 3.05. The van der Waals surface area contributed by atoms with Crippen molar-refractivity contribution in [1.29, 1.82) is 0 Å². The third-order valence-corrected chi connectivity index (χ3v) is 5.21. The molecule has 1 radical (unpaired) electrons. The molecule has 159 valence electrons. The number of hydrogen-bond acceptors (Lipinski definition) is 1. The molecule has 0 heterocycles. The Hall–Kier alpha value is -1.03. The molecule has 5 heteroatoms. The summed E-state index contributed by atoms with van der Waals surface area (Å²) in [4.78, 5) is 2.24. The van der Waals surface area contributed by atoms with E-state index in [2.05, 4.69) is 95.2 Å². The first-order chi connectivity index (χ1) is 12.9. The molecule has 0 N–H and O–H groups in total. The third kappa shape index (κ3) is 6.74. The van der Waals surface area contributed by atoms with Crippen LogP contribution in [0.5, 0.6) is 0 Å². The van der Waals surface area contributed by atoms with E-state index in [1.165, 1.54) is 39.0 Å². The normalized spacial score (nSPS) is 13.4. The van der Waals surface area contributed by atoms with Gasteiger partial charge < -0.3 is 35.0 Å². The van der Waals surface area contributed by atoms with Crippen LogP contribution < -0.4 is 24.8 Å². The largest absolute Gasteiger partial charge is 3.00 e. The van der Waals surface area contributed by atoms with Crippen molar-refractivity contribution in [1.82, 2.24) is 4.90 Å². The van der Waals surface area contributed by atoms with Crippen molar-refractivity contribution in [2.24, 2.45) is 0 Å². The van der Waals surface area contributed by atoms with Crippen LogP contribution in [0.1, 0.15) is 47.2 Å². The van der Waals surface area contributed by atoms with E-state index in [-0.39, 0.29) is 52.6 Å². The van der Waals surface area contributed by atoms with Crippen LogP contribution in [-0.4, -0.2) is 25.5 Å². The monoisotopic (exact) mass is 477 g/mol. The molecule has 30 heavy (non-hydrogen) atoms. The summed E-state index contributed by atoms with van der Waals surface area (Å²) in [5.74, 6) is 0. The van der Waals surface area contributed by atoms with Gasteiger partial charge in [-0.1, -0.05) is 83.8 Å². The molecular formula is C25H31Cl2N2Ti. The zero-order valence-corrected chi connectivity index (χ0v) is 21.8. The number of benzene rings is 2. The van der Waals surface area contributed by atoms with E-state index in [4.69, 9.17) is 5.32 Å². The Balaban J connectivity index is 0.00000280. The second kappa shape index (κ2) is 12.7. The van der Waals surface area contributed by atoms with Gasteiger partial charge in [-0.25, -0.2) is 0 Å². The van der Waals surface area contributed by atoms with E-state index in [0.717, 1.165) is 18.7 Å². The van der Waals surface area contributed by atoms with Gasteiger partial charge in [0.1, 0.15) is 0 Å². The van der Waals surface area contributed by atoms with Crippen molar-refractivity contribution < 1.29 is 46.5 Å². The quantitative estimate of drug-likeness (QED) is 0.558. The Morgan fingerprint density at radius 3 is 2.20 bits per heavy atom. The maximum Gasteiger partial charge on any atom is 3.00 e. The van der Waals surface area contributed by atoms with E-state index in [0.29, 0.717) is 0 Å². The van der Waals surface area contributed by atoms with Gasteiger partial charge in [0.25, 0.3) is 0 Å². The summed E-state index contributed by atoms with van der Waals surface area (Å²) in [5, 5.41) is 5.13. The number of likely N-dealkylation sites (N-methyl/N-ethyl adjacent to an activating group) is 1. The molecule has 0 fully saturated rings. The van der Waals surface area contributed by atoms with E-state index in [1.807, 2.05) is 0 Å². The smallest absolute Gasteiger partial charge is 1.00 e. The second-order valence-electron chi connectivity index (χ2n) is 7.99. The molecule has 1 atom stereocenters. The van der Waals surface area contributed by atoms with Crippen LogP contribution in [0.15, 0.2) is 54.1 Å². The van der Waals surface area contributed by atoms with Crippen LogP contribution in [0.3, 0.4) is 0 Å². The predicted octanol–water partition coefficient (Wildman–Crippen LogP) is 0.659. The Kier molecular flexibility index (Phi) is 12.3. The number of allylic oxidation sites excluding steroid dienone is 2. The number of halogens is 2. The molecule has 0 saturated carbocycles. The van der Waals surface area contributed by atoms with Gasteiger partial charge in [-0.3, -0.25) is 0 Å². The molecule has 0 aromatic heterocycles. The molecule has 1 aliphatic rings. The first-order valence-corrected chi connectivity index (χ1v) is 9.78. The summed E-state index contributed by atoms with van der Waals surface area (Å²) >= 11 is 0. The predicted molar refractivity (Wildman–Crippen MR) is 118 cm³/mol. The number of hydrogen-bond donors (Lipinski definition) is 0. The van der Waals surface area contributed by atoms with E-state index in [9.17, 15) is 0 Å². The molecule has 2 nitrogen and oxygen atoms in total. The van der Waals surface area contributed by atoms with Gasteiger partial charge in [0, 0.05) is 6.54 Å². The summed E-state index contributed by atoms with van der Waals surface area (Å²) < 4.78 is 0. The van der Waals surface area contributed by atoms with Crippen LogP contribution in [-0.2, 0) is 21.7 Å². The molecule has 1 aliphatic carbocycles. The maximum atomic E-state index is 5.13. The van der Waals surface area contributed by atoms with Crippen molar-refractivity contribution in [3.63, 3.8) is 0 Å². The minimum atomic E-state index is 0. The second-order valence-corrected chi connectivity index (χ2v) is 7.99. The van der Waals surface area contributed by atoms with E-state index in [1.54, 1.807) is 0 Å². The molecule has 0 aliphatic heterocycles. The van der Waals surface area contributed by atoms with Crippen molar-refractivity contribution in [2.75, 3.05) is 20.6 Å². The first-order valence-electron chi connectivity index (χ1n) is 9.78. The van der Waals surface area contributed by atoms with Gasteiger partial charge in [-0.15, -0.1) is 5.69 Å². The minimum Gasteiger partial charge on any atom is -1.00 e. The van der Waals surface area contributed by atoms with Crippen molar-refractivity contribution in [2.45, 2.75) is 40.2 Å². The van der Waals surface area contributed by atoms with Gasteiger partial charge in [0.2, 0.25) is 0 Å². The van der Waals surface area contributed by atoms with Crippen molar-refractivity contribution in [3.05, 3.63) is 87.3 Å². The molecule has 0 bridgehead atoms. The summed E-state index contributed by atoms with van der Waals surface area (Å²) in [7, 11) is 4.26. The zero-order chi connectivity index (χ0) is 19.6. The summed E-state index contributed by atoms with van der Waals surface area (Å²) in [5.41, 5.74) is 10.5. The van der Waals surface area contributed by atoms with Crippen LogP contribution in [0.4, 0.5) is 5.69 Å². The van der Waals surface area contributed by atoms with Gasteiger partial charge in [-0.2, -0.15) is 0 Å². The standard InChI is InChI=1S/C25H31N2.2ClH.Ti/c1-17-14-18(2)25(19(3)15-17)26-20(4)22-11-7-8-12-24(22)23-13-9-10-21(23)16-27(5)6;;;/h7-12,14-15,20H,13,16H2,1-6H3;2*1H;/q-1;;;+3/p-2. The molecule has 0 spiro atoms. The molecule has 2 aromatic rings. The van der Waals surface area contributed by atoms with Gasteiger partial charge >= 0.3 is 21.7 Å². The molecular weight excluding hydrogens is 447 g/mol. The topological polar surface area (TPSA) is 17.3 Å². The fourth-order valence-corrected chi connectivity index (χ4v) is 4.10. The maximum absolute atomic E-state index is 5.13. The van der Waals surface area contributed by atoms with Crippen molar-refractivity contribution >= 4 is 11.3 Å². The van der Waals surface area contributed by atoms with Crippen LogP contribution in [0, 0.1) is 20.8 Å². The minimum absolute atomic E-state index is 0. The van der Waals surface area contributed by atoms with Gasteiger partial charge in [0.05, 0.1) is 0 Å². The van der Waals surface area contributed by atoms with Crippen LogP contribution in [0.2, 0.25) is 0 Å². The Morgan fingerprint density at radius 2 is 1.60 bits per heavy atom. The summed E-state index contributed by atoms with van der Waals surface area (Å²) in [6, 6.07) is 13.3. The number of aryl methyl sites for hydroxylation is 3. The third-order valence-electron chi connectivity index (χ3n) is 5.21. The molecule has 3 rings (SSSR count). The molecule has 0 amide bonds. The first kappa shape index (κ1) is 29.0. The van der Waals surface area contributed by atoms with Gasteiger partial charge in [0.15, 0.2) is 0 Å². The fraction of sp³-hybridized carbons (Fsp3) is 0.360. The number of rotatable bonds is 6. The fourth-order valence-electron chi connectivity index (χ4n) is 4.10. The Bertz CT molecular complexity index is 881. The molecule has 2 aromatic carbocycles. The van der Waals surface area contributed by atoms with Crippen molar-refractivity contribution in [3.8, 4) is 0 Å². The SMILES string of the molecule is Cc1cc(C)c([N-]C(C)c2ccccc2C2=C(CN(C)C)C=CC2)c(C)c1.[Cl-].[Cl-].[Ti+3]. The molecule has 0 saturated heterocycles. The Labute approximate surface area is 209 Å². The van der Waals surface area contributed by atoms with Gasteiger partial charge in [-0.05, 0) is 58.0 Å². The van der Waals surface area contributed by atoms with Crippen LogP contribution >= 0.6 is 0 Å². The average molecular weight is 478 g/mol. The zero-order valence-electron chi connectivity index (χ0n) is 18.8. The molecule has 1 unspecified atom stereocenters. The van der Waals surface area contributed by atoms with Crippen LogP contribution in [0.25, 0.3) is 10.9 Å². The van der Waals surface area contributed by atoms with E-state index >= 15 is 0 Å².